The zero-order valence-electron chi connectivity index (χ0n) is 17.9. The van der Waals surface area contributed by atoms with Crippen LogP contribution in [0.15, 0.2) is 36.5 Å². The summed E-state index contributed by atoms with van der Waals surface area (Å²) in [5.41, 5.74) is 3.33. The van der Waals surface area contributed by atoms with Crippen molar-refractivity contribution in [3.63, 3.8) is 0 Å². The van der Waals surface area contributed by atoms with E-state index < -0.39 is 0 Å². The Morgan fingerprint density at radius 1 is 1.07 bits per heavy atom. The Kier molecular flexibility index (Phi) is 6.47. The molecule has 0 saturated heterocycles. The van der Waals surface area contributed by atoms with E-state index in [9.17, 15) is 9.59 Å². The molecule has 0 fully saturated rings. The molecular weight excluding hydrogens is 382 g/mol. The first-order valence-electron chi connectivity index (χ1n) is 9.88. The first kappa shape index (κ1) is 21.4. The number of fused-ring (bicyclic) bond motifs is 1. The van der Waals surface area contributed by atoms with E-state index in [2.05, 4.69) is 15.7 Å². The second kappa shape index (κ2) is 9.04. The van der Waals surface area contributed by atoms with Gasteiger partial charge in [0.2, 0.25) is 5.91 Å². The number of carbonyl (C=O) groups is 2. The molecule has 0 unspecified atom stereocenters. The van der Waals surface area contributed by atoms with Crippen LogP contribution in [0.1, 0.15) is 55.7 Å². The van der Waals surface area contributed by atoms with Crippen LogP contribution >= 0.6 is 0 Å². The van der Waals surface area contributed by atoms with Crippen molar-refractivity contribution in [3.8, 4) is 0 Å². The van der Waals surface area contributed by atoms with Crippen molar-refractivity contribution in [3.05, 3.63) is 47.8 Å². The molecule has 0 bridgehead atoms. The maximum atomic E-state index is 13.1. The highest BCUT2D eigenvalue weighted by Crippen LogP contribution is 2.25. The van der Waals surface area contributed by atoms with Gasteiger partial charge in [0.25, 0.3) is 5.91 Å². The van der Waals surface area contributed by atoms with Crippen LogP contribution in [0.5, 0.6) is 0 Å². The summed E-state index contributed by atoms with van der Waals surface area (Å²) in [4.78, 5) is 29.4. The van der Waals surface area contributed by atoms with Crippen molar-refractivity contribution in [2.24, 2.45) is 0 Å². The third-order valence-electron chi connectivity index (χ3n) is 4.61. The van der Waals surface area contributed by atoms with Gasteiger partial charge in [-0.05, 0) is 50.1 Å². The van der Waals surface area contributed by atoms with E-state index in [1.54, 1.807) is 30.5 Å². The standard InChI is InChI=1S/C22H27N5O3/c1-13(2)19-10-17(18-11-23-27(14(3)4)21(18)26-19)22(29)25-16-8-6-15(7-9-16)24-20(28)12-30-5/h6-11,13-14H,12H2,1-5H3,(H,24,28)(H,25,29). The Hall–Kier alpha value is -3.26. The molecule has 0 radical (unpaired) electrons. The monoisotopic (exact) mass is 409 g/mol. The van der Waals surface area contributed by atoms with E-state index in [1.165, 1.54) is 7.11 Å². The fourth-order valence-corrected chi connectivity index (χ4v) is 3.06. The number of methoxy groups -OCH3 is 1. The van der Waals surface area contributed by atoms with Crippen LogP contribution in [0.2, 0.25) is 0 Å². The summed E-state index contributed by atoms with van der Waals surface area (Å²) in [6, 6.07) is 8.88. The average Bonchev–Trinajstić information content (AvgIpc) is 3.13. The smallest absolute Gasteiger partial charge is 0.256 e. The van der Waals surface area contributed by atoms with Crippen molar-refractivity contribution in [2.45, 2.75) is 39.7 Å². The van der Waals surface area contributed by atoms with Gasteiger partial charge >= 0.3 is 0 Å². The number of rotatable bonds is 7. The summed E-state index contributed by atoms with van der Waals surface area (Å²) in [7, 11) is 1.46. The lowest BCUT2D eigenvalue weighted by atomic mass is 10.0. The van der Waals surface area contributed by atoms with E-state index in [1.807, 2.05) is 38.4 Å². The van der Waals surface area contributed by atoms with Gasteiger partial charge in [0.1, 0.15) is 6.61 Å². The SMILES string of the molecule is COCC(=O)Nc1ccc(NC(=O)c2cc(C(C)C)nc3c2cnn3C(C)C)cc1. The predicted octanol–water partition coefficient (Wildman–Crippen LogP) is 3.97. The molecule has 30 heavy (non-hydrogen) atoms. The first-order valence-corrected chi connectivity index (χ1v) is 9.88. The van der Waals surface area contributed by atoms with Crippen LogP contribution in [-0.2, 0) is 9.53 Å². The number of amides is 2. The molecule has 1 aromatic carbocycles. The van der Waals surface area contributed by atoms with Gasteiger partial charge in [-0.1, -0.05) is 13.8 Å². The summed E-state index contributed by atoms with van der Waals surface area (Å²) < 4.78 is 6.63. The second-order valence-corrected chi connectivity index (χ2v) is 7.68. The summed E-state index contributed by atoms with van der Waals surface area (Å²) in [5, 5.41) is 10.8. The van der Waals surface area contributed by atoms with Crippen molar-refractivity contribution in [2.75, 3.05) is 24.4 Å². The maximum absolute atomic E-state index is 13.1. The molecule has 0 atom stereocenters. The molecule has 3 aromatic rings. The summed E-state index contributed by atoms with van der Waals surface area (Å²) in [6.07, 6.45) is 1.69. The van der Waals surface area contributed by atoms with E-state index in [0.717, 1.165) is 5.69 Å². The quantitative estimate of drug-likeness (QED) is 0.615. The molecule has 2 N–H and O–H groups in total. The van der Waals surface area contributed by atoms with E-state index in [0.29, 0.717) is 28.0 Å². The lowest BCUT2D eigenvalue weighted by Crippen LogP contribution is -2.17. The van der Waals surface area contributed by atoms with Crippen LogP contribution < -0.4 is 10.6 Å². The summed E-state index contributed by atoms with van der Waals surface area (Å²) >= 11 is 0. The highest BCUT2D eigenvalue weighted by atomic mass is 16.5. The first-order chi connectivity index (χ1) is 14.3. The number of aromatic nitrogens is 3. The number of hydrogen-bond acceptors (Lipinski definition) is 5. The van der Waals surface area contributed by atoms with Crippen molar-refractivity contribution < 1.29 is 14.3 Å². The highest BCUT2D eigenvalue weighted by Gasteiger charge is 2.19. The summed E-state index contributed by atoms with van der Waals surface area (Å²) in [6.45, 7) is 8.13. The number of nitrogens with zero attached hydrogens (tertiary/aromatic N) is 3. The van der Waals surface area contributed by atoms with Crippen LogP contribution in [0.4, 0.5) is 11.4 Å². The topological polar surface area (TPSA) is 98.1 Å². The normalized spacial score (nSPS) is 11.3. The van der Waals surface area contributed by atoms with Crippen molar-refractivity contribution in [1.29, 1.82) is 0 Å². The molecule has 3 rings (SSSR count). The zero-order valence-corrected chi connectivity index (χ0v) is 17.9. The van der Waals surface area contributed by atoms with E-state index in [4.69, 9.17) is 9.72 Å². The highest BCUT2D eigenvalue weighted by molar-refractivity contribution is 6.12. The minimum absolute atomic E-state index is 0.0151. The molecule has 2 heterocycles. The fraction of sp³-hybridized carbons (Fsp3) is 0.364. The van der Waals surface area contributed by atoms with Crippen LogP contribution in [-0.4, -0.2) is 40.3 Å². The maximum Gasteiger partial charge on any atom is 0.256 e. The third kappa shape index (κ3) is 4.65. The largest absolute Gasteiger partial charge is 0.375 e. The van der Waals surface area contributed by atoms with E-state index >= 15 is 0 Å². The van der Waals surface area contributed by atoms with Crippen LogP contribution in [0, 0.1) is 0 Å². The number of pyridine rings is 1. The van der Waals surface area contributed by atoms with E-state index in [-0.39, 0.29) is 30.4 Å². The van der Waals surface area contributed by atoms with Crippen LogP contribution in [0.25, 0.3) is 11.0 Å². The summed E-state index contributed by atoms with van der Waals surface area (Å²) in [5.74, 6) is -0.299. The van der Waals surface area contributed by atoms with Crippen molar-refractivity contribution >= 4 is 34.2 Å². The van der Waals surface area contributed by atoms with Gasteiger partial charge in [0.05, 0.1) is 17.1 Å². The minimum Gasteiger partial charge on any atom is -0.375 e. The number of benzene rings is 1. The molecule has 2 aromatic heterocycles. The van der Waals surface area contributed by atoms with Crippen LogP contribution in [0.3, 0.4) is 0 Å². The Balaban J connectivity index is 1.87. The number of nitrogens with one attached hydrogen (secondary N) is 2. The molecule has 158 valence electrons. The molecular formula is C22H27N5O3. The van der Waals surface area contributed by atoms with Gasteiger partial charge < -0.3 is 15.4 Å². The van der Waals surface area contributed by atoms with Gasteiger partial charge in [-0.2, -0.15) is 5.10 Å². The minimum atomic E-state index is -0.239. The van der Waals surface area contributed by atoms with Crippen molar-refractivity contribution in [1.82, 2.24) is 14.8 Å². The van der Waals surface area contributed by atoms with Gasteiger partial charge in [0.15, 0.2) is 5.65 Å². The second-order valence-electron chi connectivity index (χ2n) is 7.68. The molecule has 8 nitrogen and oxygen atoms in total. The predicted molar refractivity (Wildman–Crippen MR) is 117 cm³/mol. The Morgan fingerprint density at radius 2 is 1.70 bits per heavy atom. The van der Waals surface area contributed by atoms with Gasteiger partial charge in [-0.3, -0.25) is 9.59 Å². The molecule has 0 aliphatic rings. The molecule has 2 amide bonds. The molecule has 0 saturated carbocycles. The molecule has 0 spiro atoms. The van der Waals surface area contributed by atoms with Gasteiger partial charge in [0, 0.05) is 30.2 Å². The number of anilines is 2. The fourth-order valence-electron chi connectivity index (χ4n) is 3.06. The third-order valence-corrected chi connectivity index (χ3v) is 4.61. The van der Waals surface area contributed by atoms with Gasteiger partial charge in [-0.25, -0.2) is 9.67 Å². The Morgan fingerprint density at radius 3 is 2.27 bits per heavy atom. The lowest BCUT2D eigenvalue weighted by molar-refractivity contribution is -0.119. The number of ether oxygens (including phenoxy) is 1. The number of hydrogen-bond donors (Lipinski definition) is 2. The lowest BCUT2D eigenvalue weighted by Gasteiger charge is -2.12. The molecule has 0 aliphatic heterocycles. The average molecular weight is 409 g/mol. The molecule has 8 heteroatoms. The number of carbonyl (C=O) groups excluding carboxylic acids is 2. The molecule has 0 aliphatic carbocycles. The zero-order chi connectivity index (χ0) is 21.8. The Labute approximate surface area is 175 Å². The van der Waals surface area contributed by atoms with Gasteiger partial charge in [-0.15, -0.1) is 0 Å². The Bertz CT molecular complexity index is 1050.